The van der Waals surface area contributed by atoms with Crippen LogP contribution >= 0.6 is 11.8 Å². The molecule has 3 aromatic rings. The van der Waals surface area contributed by atoms with Crippen LogP contribution in [0.2, 0.25) is 0 Å². The number of carbonyl (C=O) groups is 1. The molecule has 0 fully saturated rings. The van der Waals surface area contributed by atoms with E-state index in [-0.39, 0.29) is 12.5 Å². The maximum absolute atomic E-state index is 11.9. The molecule has 0 atom stereocenters. The van der Waals surface area contributed by atoms with E-state index in [0.717, 1.165) is 16.6 Å². The number of fused-ring (bicyclic) bond motifs is 1. The van der Waals surface area contributed by atoms with Gasteiger partial charge >= 0.3 is 0 Å². The summed E-state index contributed by atoms with van der Waals surface area (Å²) >= 11 is 1.69. The van der Waals surface area contributed by atoms with Crippen LogP contribution in [0.15, 0.2) is 76.7 Å². The minimum Gasteiger partial charge on any atom is -0.376 e. The smallest absolute Gasteiger partial charge is 0.259 e. The molecule has 25 heavy (non-hydrogen) atoms. The van der Waals surface area contributed by atoms with E-state index in [4.69, 9.17) is 0 Å². The Hall–Kier alpha value is -2.79. The van der Waals surface area contributed by atoms with Crippen LogP contribution in [0.25, 0.3) is 10.8 Å². The first-order valence-corrected chi connectivity index (χ1v) is 9.16. The van der Waals surface area contributed by atoms with E-state index in [1.165, 1.54) is 10.3 Å². The number of thioether (sulfide) groups is 1. The Labute approximate surface area is 151 Å². The summed E-state index contributed by atoms with van der Waals surface area (Å²) in [7, 11) is 0. The van der Waals surface area contributed by atoms with E-state index in [2.05, 4.69) is 21.9 Å². The fraction of sp³-hybridized carbons (Fsp3) is 0.100. The second kappa shape index (κ2) is 8.35. The van der Waals surface area contributed by atoms with Gasteiger partial charge in [0.1, 0.15) is 0 Å². The largest absolute Gasteiger partial charge is 0.376 e. The van der Waals surface area contributed by atoms with Crippen molar-refractivity contribution >= 4 is 40.3 Å². The van der Waals surface area contributed by atoms with E-state index in [0.29, 0.717) is 0 Å². The van der Waals surface area contributed by atoms with Crippen molar-refractivity contribution in [3.8, 4) is 0 Å². The minimum atomic E-state index is -0.190. The molecule has 1 amide bonds. The monoisotopic (exact) mass is 349 g/mol. The van der Waals surface area contributed by atoms with Gasteiger partial charge in [-0.2, -0.15) is 5.10 Å². The van der Waals surface area contributed by atoms with Crippen LogP contribution in [-0.4, -0.2) is 24.9 Å². The van der Waals surface area contributed by atoms with Crippen LogP contribution in [0.4, 0.5) is 5.69 Å². The first-order chi connectivity index (χ1) is 12.2. The van der Waals surface area contributed by atoms with Crippen molar-refractivity contribution in [1.82, 2.24) is 5.43 Å². The van der Waals surface area contributed by atoms with Crippen molar-refractivity contribution in [2.75, 3.05) is 18.1 Å². The van der Waals surface area contributed by atoms with E-state index in [1.54, 1.807) is 18.0 Å². The molecule has 0 radical (unpaired) electrons. The zero-order valence-corrected chi connectivity index (χ0v) is 14.7. The standard InChI is InChI=1S/C20H19N3OS/c1-25-19-10-6-15(7-11-19)13-22-23-20(24)14-21-18-9-8-16-4-2-3-5-17(16)12-18/h2-13,21H,14H2,1H3,(H,23,24)/b22-13+. The lowest BCUT2D eigenvalue weighted by atomic mass is 10.1. The molecule has 3 rings (SSSR count). The van der Waals surface area contributed by atoms with Gasteiger partial charge in [0.05, 0.1) is 12.8 Å². The summed E-state index contributed by atoms with van der Waals surface area (Å²) in [4.78, 5) is 13.1. The number of benzene rings is 3. The normalized spacial score (nSPS) is 10.9. The number of hydrazone groups is 1. The van der Waals surface area contributed by atoms with Gasteiger partial charge < -0.3 is 5.32 Å². The number of hydrogen-bond donors (Lipinski definition) is 2. The van der Waals surface area contributed by atoms with Gasteiger partial charge in [-0.1, -0.05) is 42.5 Å². The maximum Gasteiger partial charge on any atom is 0.259 e. The van der Waals surface area contributed by atoms with Gasteiger partial charge in [-0.3, -0.25) is 4.79 Å². The first kappa shape index (κ1) is 17.0. The summed E-state index contributed by atoms with van der Waals surface area (Å²) in [5.41, 5.74) is 4.38. The third-order valence-corrected chi connectivity index (χ3v) is 4.46. The minimum absolute atomic E-state index is 0.168. The van der Waals surface area contributed by atoms with Crippen molar-refractivity contribution in [2.45, 2.75) is 4.90 Å². The molecular weight excluding hydrogens is 330 g/mol. The fourth-order valence-electron chi connectivity index (χ4n) is 2.39. The highest BCUT2D eigenvalue weighted by Gasteiger charge is 2.00. The van der Waals surface area contributed by atoms with Crippen molar-refractivity contribution in [3.63, 3.8) is 0 Å². The average molecular weight is 349 g/mol. The third-order valence-electron chi connectivity index (χ3n) is 3.72. The highest BCUT2D eigenvalue weighted by Crippen LogP contribution is 2.18. The fourth-order valence-corrected chi connectivity index (χ4v) is 2.80. The van der Waals surface area contributed by atoms with Crippen LogP contribution in [0, 0.1) is 0 Å². The summed E-state index contributed by atoms with van der Waals surface area (Å²) in [6.07, 6.45) is 3.67. The molecule has 0 saturated heterocycles. The molecule has 0 saturated carbocycles. The second-order valence-corrected chi connectivity index (χ2v) is 6.36. The molecule has 5 heteroatoms. The lowest BCUT2D eigenvalue weighted by molar-refractivity contribution is -0.119. The highest BCUT2D eigenvalue weighted by molar-refractivity contribution is 7.98. The van der Waals surface area contributed by atoms with Crippen molar-refractivity contribution < 1.29 is 4.79 Å². The second-order valence-electron chi connectivity index (χ2n) is 5.48. The Morgan fingerprint density at radius 2 is 1.80 bits per heavy atom. The molecule has 0 spiro atoms. The molecule has 0 bridgehead atoms. The van der Waals surface area contributed by atoms with Crippen LogP contribution in [0.1, 0.15) is 5.56 Å². The summed E-state index contributed by atoms with van der Waals surface area (Å²) in [5, 5.41) is 9.41. The molecular formula is C20H19N3OS. The Balaban J connectivity index is 1.50. The maximum atomic E-state index is 11.9. The number of amides is 1. The molecule has 126 valence electrons. The van der Waals surface area contributed by atoms with Crippen molar-refractivity contribution in [3.05, 3.63) is 72.3 Å². The van der Waals surface area contributed by atoms with Crippen molar-refractivity contribution in [1.29, 1.82) is 0 Å². The summed E-state index contributed by atoms with van der Waals surface area (Å²) < 4.78 is 0. The van der Waals surface area contributed by atoms with Crippen LogP contribution < -0.4 is 10.7 Å². The van der Waals surface area contributed by atoms with Gasteiger partial charge in [-0.05, 0) is 46.9 Å². The Morgan fingerprint density at radius 1 is 1.04 bits per heavy atom. The average Bonchev–Trinajstić information content (AvgIpc) is 2.67. The molecule has 0 aliphatic heterocycles. The van der Waals surface area contributed by atoms with E-state index in [1.807, 2.05) is 66.9 Å². The van der Waals surface area contributed by atoms with Gasteiger partial charge in [0.15, 0.2) is 0 Å². The number of hydrogen-bond acceptors (Lipinski definition) is 4. The Morgan fingerprint density at radius 3 is 2.56 bits per heavy atom. The third kappa shape index (κ3) is 4.84. The van der Waals surface area contributed by atoms with E-state index < -0.39 is 0 Å². The van der Waals surface area contributed by atoms with E-state index in [9.17, 15) is 4.79 Å². The molecule has 4 nitrogen and oxygen atoms in total. The van der Waals surface area contributed by atoms with E-state index >= 15 is 0 Å². The SMILES string of the molecule is CSc1ccc(/C=N/NC(=O)CNc2ccc3ccccc3c2)cc1. The van der Waals surface area contributed by atoms with Gasteiger partial charge in [-0.15, -0.1) is 11.8 Å². The Kier molecular flexibility index (Phi) is 5.69. The summed E-state index contributed by atoms with van der Waals surface area (Å²) in [6.45, 7) is 0.168. The van der Waals surface area contributed by atoms with Gasteiger partial charge in [0.25, 0.3) is 5.91 Å². The molecule has 3 aromatic carbocycles. The predicted octanol–water partition coefficient (Wildman–Crippen LogP) is 4.12. The topological polar surface area (TPSA) is 53.5 Å². The van der Waals surface area contributed by atoms with Gasteiger partial charge in [-0.25, -0.2) is 5.43 Å². The van der Waals surface area contributed by atoms with Crippen LogP contribution in [-0.2, 0) is 4.79 Å². The molecule has 0 aliphatic rings. The predicted molar refractivity (Wildman–Crippen MR) is 106 cm³/mol. The van der Waals surface area contributed by atoms with Gasteiger partial charge in [0.2, 0.25) is 0 Å². The number of nitrogens with one attached hydrogen (secondary N) is 2. The number of rotatable bonds is 6. The quantitative estimate of drug-likeness (QED) is 0.400. The number of nitrogens with zero attached hydrogens (tertiary/aromatic N) is 1. The highest BCUT2D eigenvalue weighted by atomic mass is 32.2. The molecule has 0 heterocycles. The van der Waals surface area contributed by atoms with Crippen molar-refractivity contribution in [2.24, 2.45) is 5.10 Å². The van der Waals surface area contributed by atoms with Crippen LogP contribution in [0.3, 0.4) is 0 Å². The van der Waals surface area contributed by atoms with Crippen LogP contribution in [0.5, 0.6) is 0 Å². The Bertz CT molecular complexity index is 891. The lowest BCUT2D eigenvalue weighted by Crippen LogP contribution is -2.25. The zero-order valence-electron chi connectivity index (χ0n) is 13.9. The summed E-state index contributed by atoms with van der Waals surface area (Å²) in [5.74, 6) is -0.190. The zero-order chi connectivity index (χ0) is 17.5. The number of carbonyl (C=O) groups excluding carboxylic acids is 1. The first-order valence-electron chi connectivity index (χ1n) is 7.93. The molecule has 0 aromatic heterocycles. The lowest BCUT2D eigenvalue weighted by Gasteiger charge is -2.06. The molecule has 0 aliphatic carbocycles. The summed E-state index contributed by atoms with van der Waals surface area (Å²) in [6, 6.07) is 22.1. The number of anilines is 1. The molecule has 2 N–H and O–H groups in total. The molecule has 0 unspecified atom stereocenters. The van der Waals surface area contributed by atoms with Gasteiger partial charge in [0, 0.05) is 10.6 Å².